The largest absolute Gasteiger partial charge is 0.486 e. The molecular weight excluding hydrogens is 384 g/mol. The summed E-state index contributed by atoms with van der Waals surface area (Å²) in [5.41, 5.74) is 0. The first-order valence-corrected chi connectivity index (χ1v) is 10.6. The van der Waals surface area contributed by atoms with Crippen molar-refractivity contribution in [1.29, 1.82) is 0 Å². The number of ether oxygens (including phenoxy) is 2. The highest BCUT2D eigenvalue weighted by Crippen LogP contribution is 2.37. The van der Waals surface area contributed by atoms with E-state index in [0.29, 0.717) is 37.4 Å². The number of nitrogens with zero attached hydrogens (tertiary/aromatic N) is 1. The van der Waals surface area contributed by atoms with Gasteiger partial charge < -0.3 is 14.8 Å². The smallest absolute Gasteiger partial charge is 0.243 e. The Morgan fingerprint density at radius 3 is 2.37 bits per heavy atom. The summed E-state index contributed by atoms with van der Waals surface area (Å²) in [6.45, 7) is 4.53. The van der Waals surface area contributed by atoms with Crippen molar-refractivity contribution in [2.24, 2.45) is 17.8 Å². The van der Waals surface area contributed by atoms with Crippen LogP contribution in [0.25, 0.3) is 0 Å². The standard InChI is InChI=1S/C23H28N2O5/c1-14(2)11-18(25-22(27)16-7-3-4-8-17(16)23(25)28)21(26)24-12-15-13-29-19-9-5-6-10-20(19)30-15/h3-6,9-10,14-18H,7-8,11-13H2,1-2H3,(H,24,26)/t15-,16+,17+,18-/m1/s1. The first-order chi connectivity index (χ1) is 14.5. The highest BCUT2D eigenvalue weighted by Gasteiger charge is 2.51. The number of likely N-dealkylation sites (tertiary alicyclic amines) is 1. The lowest BCUT2D eigenvalue weighted by molar-refractivity contribution is -0.148. The van der Waals surface area contributed by atoms with Crippen LogP contribution in [0.3, 0.4) is 0 Å². The van der Waals surface area contributed by atoms with Crippen molar-refractivity contribution in [2.45, 2.75) is 45.3 Å². The minimum atomic E-state index is -0.799. The van der Waals surface area contributed by atoms with Crippen LogP contribution in [0.4, 0.5) is 0 Å². The Morgan fingerprint density at radius 2 is 1.73 bits per heavy atom. The Morgan fingerprint density at radius 1 is 1.10 bits per heavy atom. The number of para-hydroxylation sites is 2. The molecule has 30 heavy (non-hydrogen) atoms. The Hall–Kier alpha value is -2.83. The van der Waals surface area contributed by atoms with Gasteiger partial charge in [0, 0.05) is 0 Å². The first-order valence-electron chi connectivity index (χ1n) is 10.6. The lowest BCUT2D eigenvalue weighted by atomic mass is 9.85. The normalized spacial score (nSPS) is 26.0. The molecule has 1 aromatic carbocycles. The quantitative estimate of drug-likeness (QED) is 0.573. The third kappa shape index (κ3) is 3.93. The SMILES string of the molecule is CC(C)C[C@H](C(=O)NC[C@@H]1COc2ccccc2O1)N1C(=O)[C@H]2CC=CC[C@@H]2C1=O. The van der Waals surface area contributed by atoms with Crippen molar-refractivity contribution in [3.8, 4) is 11.5 Å². The zero-order valence-corrected chi connectivity index (χ0v) is 17.4. The molecule has 0 spiro atoms. The van der Waals surface area contributed by atoms with Gasteiger partial charge in [0.25, 0.3) is 0 Å². The fourth-order valence-corrected chi connectivity index (χ4v) is 4.41. The van der Waals surface area contributed by atoms with E-state index in [9.17, 15) is 14.4 Å². The van der Waals surface area contributed by atoms with Crippen LogP contribution in [0, 0.1) is 17.8 Å². The number of nitrogens with one attached hydrogen (secondary N) is 1. The molecule has 0 radical (unpaired) electrons. The van der Waals surface area contributed by atoms with Gasteiger partial charge in [-0.2, -0.15) is 0 Å². The molecular formula is C23H28N2O5. The van der Waals surface area contributed by atoms with Gasteiger partial charge in [0.15, 0.2) is 11.5 Å². The molecule has 1 N–H and O–H groups in total. The van der Waals surface area contributed by atoms with Crippen LogP contribution < -0.4 is 14.8 Å². The third-order valence-electron chi connectivity index (χ3n) is 5.92. The van der Waals surface area contributed by atoms with Gasteiger partial charge in [-0.3, -0.25) is 19.3 Å². The van der Waals surface area contributed by atoms with Gasteiger partial charge in [-0.25, -0.2) is 0 Å². The topological polar surface area (TPSA) is 84.9 Å². The van der Waals surface area contributed by atoms with Gasteiger partial charge in [0.1, 0.15) is 18.8 Å². The van der Waals surface area contributed by atoms with Crippen LogP contribution in [0.15, 0.2) is 36.4 Å². The van der Waals surface area contributed by atoms with E-state index in [4.69, 9.17) is 9.47 Å². The predicted octanol–water partition coefficient (Wildman–Crippen LogP) is 2.31. The maximum atomic E-state index is 13.1. The van der Waals surface area contributed by atoms with Crippen molar-refractivity contribution in [3.05, 3.63) is 36.4 Å². The number of benzene rings is 1. The van der Waals surface area contributed by atoms with Gasteiger partial charge in [-0.05, 0) is 37.3 Å². The van der Waals surface area contributed by atoms with Gasteiger partial charge in [0.2, 0.25) is 17.7 Å². The Bertz CT molecular complexity index is 839. The van der Waals surface area contributed by atoms with E-state index in [1.807, 2.05) is 50.3 Å². The molecule has 2 aliphatic heterocycles. The summed E-state index contributed by atoms with van der Waals surface area (Å²) >= 11 is 0. The molecule has 3 amide bonds. The summed E-state index contributed by atoms with van der Waals surface area (Å²) in [5, 5.41) is 2.88. The second-order valence-electron chi connectivity index (χ2n) is 8.59. The number of hydrogen-bond donors (Lipinski definition) is 1. The number of rotatable bonds is 6. The maximum Gasteiger partial charge on any atom is 0.243 e. The van der Waals surface area contributed by atoms with Crippen molar-refractivity contribution in [2.75, 3.05) is 13.2 Å². The number of hydrogen-bond acceptors (Lipinski definition) is 5. The maximum absolute atomic E-state index is 13.1. The molecule has 4 rings (SSSR count). The molecule has 0 saturated carbocycles. The molecule has 0 aromatic heterocycles. The minimum Gasteiger partial charge on any atom is -0.486 e. The molecule has 3 aliphatic rings. The third-order valence-corrected chi connectivity index (χ3v) is 5.92. The van der Waals surface area contributed by atoms with Crippen LogP contribution in [-0.2, 0) is 14.4 Å². The zero-order valence-electron chi connectivity index (χ0n) is 17.4. The van der Waals surface area contributed by atoms with E-state index < -0.39 is 6.04 Å². The van der Waals surface area contributed by atoms with E-state index in [-0.39, 0.29) is 48.1 Å². The van der Waals surface area contributed by atoms with Gasteiger partial charge >= 0.3 is 0 Å². The first kappa shape index (κ1) is 20.4. The number of carbonyl (C=O) groups is 3. The molecule has 0 unspecified atom stereocenters. The molecule has 1 aromatic rings. The molecule has 7 heteroatoms. The predicted molar refractivity (Wildman–Crippen MR) is 110 cm³/mol. The lowest BCUT2D eigenvalue weighted by Gasteiger charge is -2.29. The average molecular weight is 412 g/mol. The number of allylic oxidation sites excluding steroid dienone is 2. The van der Waals surface area contributed by atoms with Crippen molar-refractivity contribution >= 4 is 17.7 Å². The molecule has 1 saturated heterocycles. The molecule has 0 bridgehead atoms. The fraction of sp³-hybridized carbons (Fsp3) is 0.522. The molecule has 4 atom stereocenters. The zero-order chi connectivity index (χ0) is 21.3. The fourth-order valence-electron chi connectivity index (χ4n) is 4.41. The van der Waals surface area contributed by atoms with E-state index in [2.05, 4.69) is 5.32 Å². The lowest BCUT2D eigenvalue weighted by Crippen LogP contribution is -2.52. The highest BCUT2D eigenvalue weighted by molar-refractivity contribution is 6.08. The number of fused-ring (bicyclic) bond motifs is 2. The van der Waals surface area contributed by atoms with Crippen LogP contribution in [0.2, 0.25) is 0 Å². The van der Waals surface area contributed by atoms with Crippen LogP contribution in [0.5, 0.6) is 11.5 Å². The summed E-state index contributed by atoms with van der Waals surface area (Å²) in [4.78, 5) is 40.2. The average Bonchev–Trinajstić information content (AvgIpc) is 3.00. The van der Waals surface area contributed by atoms with E-state index in [1.54, 1.807) is 0 Å². The Kier molecular flexibility index (Phi) is 5.79. The van der Waals surface area contributed by atoms with Crippen molar-refractivity contribution < 1.29 is 23.9 Å². The summed E-state index contributed by atoms with van der Waals surface area (Å²) in [6.07, 6.45) is 5.13. The molecule has 160 valence electrons. The summed E-state index contributed by atoms with van der Waals surface area (Å²) < 4.78 is 11.6. The van der Waals surface area contributed by atoms with E-state index in [1.165, 1.54) is 4.90 Å². The molecule has 2 heterocycles. The van der Waals surface area contributed by atoms with Crippen molar-refractivity contribution in [1.82, 2.24) is 10.2 Å². The number of carbonyl (C=O) groups excluding carboxylic acids is 3. The summed E-state index contributed by atoms with van der Waals surface area (Å²) in [6, 6.07) is 6.59. The Balaban J connectivity index is 1.43. The van der Waals surface area contributed by atoms with Gasteiger partial charge in [-0.1, -0.05) is 38.1 Å². The number of amides is 3. The molecule has 7 nitrogen and oxygen atoms in total. The van der Waals surface area contributed by atoms with Crippen molar-refractivity contribution in [3.63, 3.8) is 0 Å². The monoisotopic (exact) mass is 412 g/mol. The van der Waals surface area contributed by atoms with E-state index in [0.717, 1.165) is 0 Å². The number of imide groups is 1. The molecule has 1 aliphatic carbocycles. The summed E-state index contributed by atoms with van der Waals surface area (Å²) in [7, 11) is 0. The highest BCUT2D eigenvalue weighted by atomic mass is 16.6. The van der Waals surface area contributed by atoms with Gasteiger partial charge in [0.05, 0.1) is 18.4 Å². The summed E-state index contributed by atoms with van der Waals surface area (Å²) in [5.74, 6) is 0.0453. The van der Waals surface area contributed by atoms with Gasteiger partial charge in [-0.15, -0.1) is 0 Å². The second kappa shape index (κ2) is 8.50. The van der Waals surface area contributed by atoms with Crippen LogP contribution >= 0.6 is 0 Å². The van der Waals surface area contributed by atoms with Crippen LogP contribution in [-0.4, -0.2) is 47.9 Å². The van der Waals surface area contributed by atoms with E-state index >= 15 is 0 Å². The molecule has 1 fully saturated rings. The van der Waals surface area contributed by atoms with Crippen LogP contribution in [0.1, 0.15) is 33.1 Å². The second-order valence-corrected chi connectivity index (χ2v) is 8.59. The minimum absolute atomic E-state index is 0.156. The Labute approximate surface area is 176 Å².